The molecule has 0 saturated carbocycles. The molecular formula is C24H21Cl2N3O3. The number of ether oxygens (including phenoxy) is 2. The number of H-pyrrole nitrogens is 1. The Kier molecular flexibility index (Phi) is 6.83. The summed E-state index contributed by atoms with van der Waals surface area (Å²) < 4.78 is 10.9. The van der Waals surface area contributed by atoms with Crippen LogP contribution in [0.5, 0.6) is 11.5 Å². The number of carbonyl (C=O) groups is 1. The first-order valence-corrected chi connectivity index (χ1v) is 10.9. The van der Waals surface area contributed by atoms with Crippen LogP contribution in [0, 0.1) is 0 Å². The van der Waals surface area contributed by atoms with E-state index in [0.717, 1.165) is 11.3 Å². The fourth-order valence-electron chi connectivity index (χ4n) is 3.30. The third-order valence-electron chi connectivity index (χ3n) is 4.76. The fourth-order valence-corrected chi connectivity index (χ4v) is 3.88. The van der Waals surface area contributed by atoms with Crippen molar-refractivity contribution < 1.29 is 14.3 Å². The molecule has 4 rings (SSSR count). The van der Waals surface area contributed by atoms with Gasteiger partial charge in [-0.25, -0.2) is 9.78 Å². The Morgan fingerprint density at radius 1 is 1.03 bits per heavy atom. The Morgan fingerprint density at radius 3 is 2.59 bits per heavy atom. The van der Waals surface area contributed by atoms with E-state index in [0.29, 0.717) is 57.8 Å². The van der Waals surface area contributed by atoms with Crippen molar-refractivity contribution in [3.05, 3.63) is 76.3 Å². The first-order valence-electron chi connectivity index (χ1n) is 10.1. The van der Waals surface area contributed by atoms with Crippen LogP contribution in [-0.2, 0) is 6.42 Å². The lowest BCUT2D eigenvalue weighted by atomic mass is 10.1. The molecule has 1 aromatic heterocycles. The molecule has 0 aliphatic rings. The second-order valence-electron chi connectivity index (χ2n) is 7.01. The maximum Gasteiger partial charge on any atom is 0.412 e. The standard InChI is InChI=1S/C24H21Cl2N3O3/c1-2-31-16-6-3-5-15(13-16)11-12-27-24(30)32-17-9-10-20-21(14-17)29-23(28-20)22-18(25)7-4-8-19(22)26/h3-10,13-14H,2,11-12H2,1H3,(H,27,30)(H,28,29). The van der Waals surface area contributed by atoms with Crippen molar-refractivity contribution in [3.63, 3.8) is 0 Å². The van der Waals surface area contributed by atoms with E-state index in [4.69, 9.17) is 32.7 Å². The number of nitrogens with one attached hydrogen (secondary N) is 2. The molecule has 4 aromatic rings. The minimum Gasteiger partial charge on any atom is -0.494 e. The topological polar surface area (TPSA) is 76.2 Å². The molecule has 0 fully saturated rings. The van der Waals surface area contributed by atoms with Crippen LogP contribution in [0.1, 0.15) is 12.5 Å². The number of nitrogens with zero attached hydrogens (tertiary/aromatic N) is 1. The highest BCUT2D eigenvalue weighted by molar-refractivity contribution is 6.39. The Bertz CT molecular complexity index is 1240. The third-order valence-corrected chi connectivity index (χ3v) is 5.39. The van der Waals surface area contributed by atoms with E-state index >= 15 is 0 Å². The van der Waals surface area contributed by atoms with Crippen LogP contribution in [0.15, 0.2) is 60.7 Å². The van der Waals surface area contributed by atoms with Crippen molar-refractivity contribution in [1.82, 2.24) is 15.3 Å². The van der Waals surface area contributed by atoms with E-state index in [2.05, 4.69) is 15.3 Å². The van der Waals surface area contributed by atoms with Gasteiger partial charge >= 0.3 is 6.09 Å². The van der Waals surface area contributed by atoms with E-state index in [-0.39, 0.29) is 0 Å². The molecule has 0 radical (unpaired) electrons. The number of imidazole rings is 1. The lowest BCUT2D eigenvalue weighted by Crippen LogP contribution is -2.28. The van der Waals surface area contributed by atoms with Crippen molar-refractivity contribution in [3.8, 4) is 22.9 Å². The van der Waals surface area contributed by atoms with Gasteiger partial charge in [0, 0.05) is 12.6 Å². The fraction of sp³-hybridized carbons (Fsp3) is 0.167. The molecule has 0 bridgehead atoms. The van der Waals surface area contributed by atoms with E-state index in [9.17, 15) is 4.79 Å². The number of aromatic amines is 1. The molecule has 0 saturated heterocycles. The number of aromatic nitrogens is 2. The Balaban J connectivity index is 1.39. The highest BCUT2D eigenvalue weighted by atomic mass is 35.5. The second kappa shape index (κ2) is 9.94. The molecule has 6 nitrogen and oxygen atoms in total. The van der Waals surface area contributed by atoms with Crippen LogP contribution < -0.4 is 14.8 Å². The lowest BCUT2D eigenvalue weighted by Gasteiger charge is -2.08. The Morgan fingerprint density at radius 2 is 1.81 bits per heavy atom. The van der Waals surface area contributed by atoms with Crippen molar-refractivity contribution in [2.45, 2.75) is 13.3 Å². The zero-order chi connectivity index (χ0) is 22.5. The summed E-state index contributed by atoms with van der Waals surface area (Å²) in [4.78, 5) is 19.9. The monoisotopic (exact) mass is 469 g/mol. The highest BCUT2D eigenvalue weighted by Crippen LogP contribution is 2.34. The summed E-state index contributed by atoms with van der Waals surface area (Å²) >= 11 is 12.6. The summed E-state index contributed by atoms with van der Waals surface area (Å²) in [5.41, 5.74) is 3.11. The van der Waals surface area contributed by atoms with Crippen LogP contribution in [0.25, 0.3) is 22.4 Å². The molecule has 8 heteroatoms. The molecule has 0 aliphatic heterocycles. The summed E-state index contributed by atoms with van der Waals surface area (Å²) in [7, 11) is 0. The van der Waals surface area contributed by atoms with E-state index < -0.39 is 6.09 Å². The number of benzene rings is 3. The summed E-state index contributed by atoms with van der Waals surface area (Å²) in [6.07, 6.45) is 0.136. The van der Waals surface area contributed by atoms with Crippen LogP contribution in [0.2, 0.25) is 10.0 Å². The molecule has 2 N–H and O–H groups in total. The van der Waals surface area contributed by atoms with Gasteiger partial charge in [-0.05, 0) is 55.3 Å². The molecule has 1 heterocycles. The smallest absolute Gasteiger partial charge is 0.412 e. The highest BCUT2D eigenvalue weighted by Gasteiger charge is 2.14. The number of hydrogen-bond donors (Lipinski definition) is 2. The predicted octanol–water partition coefficient (Wildman–Crippen LogP) is 6.27. The van der Waals surface area contributed by atoms with Gasteiger partial charge in [-0.1, -0.05) is 41.4 Å². The SMILES string of the molecule is CCOc1cccc(CCNC(=O)Oc2ccc3nc(-c4c(Cl)cccc4Cl)[nH]c3c2)c1. The van der Waals surface area contributed by atoms with Gasteiger partial charge in [0.2, 0.25) is 0 Å². The zero-order valence-electron chi connectivity index (χ0n) is 17.3. The summed E-state index contributed by atoms with van der Waals surface area (Å²) in [6.45, 7) is 3.00. The van der Waals surface area contributed by atoms with Gasteiger partial charge in [0.15, 0.2) is 0 Å². The van der Waals surface area contributed by atoms with E-state index in [1.54, 1.807) is 36.4 Å². The molecule has 0 unspecified atom stereocenters. The van der Waals surface area contributed by atoms with E-state index in [1.807, 2.05) is 31.2 Å². The average molecular weight is 470 g/mol. The average Bonchev–Trinajstić information content (AvgIpc) is 3.17. The summed E-state index contributed by atoms with van der Waals surface area (Å²) in [6, 6.07) is 18.2. The quantitative estimate of drug-likeness (QED) is 0.334. The van der Waals surface area contributed by atoms with Crippen molar-refractivity contribution >= 4 is 40.3 Å². The van der Waals surface area contributed by atoms with Crippen LogP contribution in [0.4, 0.5) is 4.79 Å². The van der Waals surface area contributed by atoms with Gasteiger partial charge in [-0.3, -0.25) is 0 Å². The number of rotatable bonds is 7. The van der Waals surface area contributed by atoms with Gasteiger partial charge in [-0.2, -0.15) is 0 Å². The maximum atomic E-state index is 12.2. The van der Waals surface area contributed by atoms with Gasteiger partial charge in [0.1, 0.15) is 17.3 Å². The van der Waals surface area contributed by atoms with Crippen LogP contribution >= 0.6 is 23.2 Å². The molecule has 0 aliphatic carbocycles. The number of carbonyl (C=O) groups excluding carboxylic acids is 1. The van der Waals surface area contributed by atoms with Crippen molar-refractivity contribution in [1.29, 1.82) is 0 Å². The summed E-state index contributed by atoms with van der Waals surface area (Å²) in [5, 5.41) is 3.76. The molecule has 32 heavy (non-hydrogen) atoms. The van der Waals surface area contributed by atoms with Gasteiger partial charge in [-0.15, -0.1) is 0 Å². The number of halogens is 2. The predicted molar refractivity (Wildman–Crippen MR) is 127 cm³/mol. The molecule has 0 atom stereocenters. The van der Waals surface area contributed by atoms with Gasteiger partial charge < -0.3 is 19.8 Å². The lowest BCUT2D eigenvalue weighted by molar-refractivity contribution is 0.200. The second-order valence-corrected chi connectivity index (χ2v) is 7.82. The molecular weight excluding hydrogens is 449 g/mol. The minimum atomic E-state index is -0.529. The summed E-state index contributed by atoms with van der Waals surface area (Å²) in [5.74, 6) is 1.76. The first kappa shape index (κ1) is 22.0. The normalized spacial score (nSPS) is 10.8. The van der Waals surface area contributed by atoms with Crippen molar-refractivity contribution in [2.75, 3.05) is 13.2 Å². The van der Waals surface area contributed by atoms with Crippen molar-refractivity contribution in [2.24, 2.45) is 0 Å². The Labute approximate surface area is 195 Å². The first-order chi connectivity index (χ1) is 15.5. The molecule has 0 spiro atoms. The van der Waals surface area contributed by atoms with Crippen LogP contribution in [0.3, 0.4) is 0 Å². The van der Waals surface area contributed by atoms with Crippen LogP contribution in [-0.4, -0.2) is 29.2 Å². The molecule has 3 aromatic carbocycles. The zero-order valence-corrected chi connectivity index (χ0v) is 18.8. The van der Waals surface area contributed by atoms with Gasteiger partial charge in [0.05, 0.1) is 33.2 Å². The van der Waals surface area contributed by atoms with E-state index in [1.165, 1.54) is 0 Å². The third kappa shape index (κ3) is 5.15. The largest absolute Gasteiger partial charge is 0.494 e. The Hall–Kier alpha value is -3.22. The van der Waals surface area contributed by atoms with Gasteiger partial charge in [0.25, 0.3) is 0 Å². The maximum absolute atomic E-state index is 12.2. The number of fused-ring (bicyclic) bond motifs is 1. The number of amides is 1. The molecule has 1 amide bonds. The minimum absolute atomic E-state index is 0.397. The molecule has 164 valence electrons. The number of hydrogen-bond acceptors (Lipinski definition) is 4.